The number of ether oxygens (including phenoxy) is 1. The highest BCUT2D eigenvalue weighted by molar-refractivity contribution is 8.00. The van der Waals surface area contributed by atoms with Crippen LogP contribution < -0.4 is 10.6 Å². The molecule has 3 N–H and O–H groups in total. The zero-order valence-corrected chi connectivity index (χ0v) is 17.5. The van der Waals surface area contributed by atoms with Gasteiger partial charge in [-0.2, -0.15) is 0 Å². The molecule has 0 aliphatic carbocycles. The van der Waals surface area contributed by atoms with Crippen molar-refractivity contribution in [3.8, 4) is 0 Å². The number of carbonyl (C=O) groups excluding carboxylic acids is 2. The summed E-state index contributed by atoms with van der Waals surface area (Å²) < 4.78 is 5.06. The van der Waals surface area contributed by atoms with Crippen LogP contribution in [0.25, 0.3) is 0 Å². The van der Waals surface area contributed by atoms with Crippen LogP contribution in [-0.2, 0) is 20.9 Å². The Morgan fingerprint density at radius 1 is 1.11 bits per heavy atom. The molecule has 8 heteroatoms. The van der Waals surface area contributed by atoms with Crippen LogP contribution in [0.1, 0.15) is 45.6 Å². The molecule has 1 aromatic rings. The second-order valence-corrected chi connectivity index (χ2v) is 7.87. The van der Waals surface area contributed by atoms with E-state index in [0.717, 1.165) is 18.4 Å². The van der Waals surface area contributed by atoms with Gasteiger partial charge in [0.25, 0.3) is 0 Å². The SMILES string of the molecule is CCC(CC)NC(=O)C(C)SCCC(NC(=O)OCc1ccccc1)C(=O)O. The average Bonchev–Trinajstić information content (AvgIpc) is 2.69. The summed E-state index contributed by atoms with van der Waals surface area (Å²) in [6.45, 7) is 5.90. The summed E-state index contributed by atoms with van der Waals surface area (Å²) in [4.78, 5) is 35.4. The van der Waals surface area contributed by atoms with Gasteiger partial charge in [0, 0.05) is 6.04 Å². The molecule has 1 rings (SSSR count). The maximum absolute atomic E-state index is 12.1. The molecule has 0 saturated carbocycles. The van der Waals surface area contributed by atoms with Crippen LogP contribution in [0.4, 0.5) is 4.79 Å². The Hall–Kier alpha value is -2.22. The topological polar surface area (TPSA) is 105 Å². The van der Waals surface area contributed by atoms with Crippen LogP contribution >= 0.6 is 11.8 Å². The van der Waals surface area contributed by atoms with E-state index in [-0.39, 0.29) is 30.2 Å². The highest BCUT2D eigenvalue weighted by atomic mass is 32.2. The lowest BCUT2D eigenvalue weighted by Crippen LogP contribution is -2.42. The molecule has 2 unspecified atom stereocenters. The zero-order chi connectivity index (χ0) is 20.9. The summed E-state index contributed by atoms with van der Waals surface area (Å²) in [7, 11) is 0. The second kappa shape index (κ2) is 13.0. The highest BCUT2D eigenvalue weighted by Gasteiger charge is 2.22. The van der Waals surface area contributed by atoms with E-state index in [0.29, 0.717) is 5.75 Å². The first kappa shape index (κ1) is 23.8. The number of carboxylic acids is 1. The van der Waals surface area contributed by atoms with Crippen molar-refractivity contribution in [2.45, 2.75) is 64.0 Å². The van der Waals surface area contributed by atoms with E-state index in [2.05, 4.69) is 10.6 Å². The fourth-order valence-electron chi connectivity index (χ4n) is 2.41. The van der Waals surface area contributed by atoms with E-state index in [9.17, 15) is 19.5 Å². The predicted molar refractivity (Wildman–Crippen MR) is 110 cm³/mol. The number of hydrogen-bond donors (Lipinski definition) is 3. The first-order chi connectivity index (χ1) is 13.4. The van der Waals surface area contributed by atoms with Gasteiger partial charge in [0.2, 0.25) is 5.91 Å². The van der Waals surface area contributed by atoms with Gasteiger partial charge in [-0.15, -0.1) is 11.8 Å². The molecule has 2 atom stereocenters. The van der Waals surface area contributed by atoms with E-state index in [4.69, 9.17) is 4.74 Å². The molecule has 0 bridgehead atoms. The summed E-state index contributed by atoms with van der Waals surface area (Å²) >= 11 is 1.36. The third kappa shape index (κ3) is 9.12. The number of alkyl carbamates (subject to hydrolysis) is 1. The van der Waals surface area contributed by atoms with Crippen molar-refractivity contribution in [3.05, 3.63) is 35.9 Å². The van der Waals surface area contributed by atoms with Crippen LogP contribution in [0.3, 0.4) is 0 Å². The number of carboxylic acid groups (broad SMARTS) is 1. The standard InChI is InChI=1S/C20H30N2O5S/c1-4-16(5-2)21-18(23)14(3)28-12-11-17(19(24)25)22-20(26)27-13-15-9-7-6-8-10-15/h6-10,14,16-17H,4-5,11-13H2,1-3H3,(H,21,23)(H,22,26)(H,24,25). The number of benzene rings is 1. The summed E-state index contributed by atoms with van der Waals surface area (Å²) in [5.41, 5.74) is 0.817. The minimum Gasteiger partial charge on any atom is -0.480 e. The van der Waals surface area contributed by atoms with Crippen molar-refractivity contribution < 1.29 is 24.2 Å². The van der Waals surface area contributed by atoms with E-state index in [1.165, 1.54) is 11.8 Å². The van der Waals surface area contributed by atoms with E-state index in [1.54, 1.807) is 6.92 Å². The van der Waals surface area contributed by atoms with Crippen LogP contribution in [-0.4, -0.2) is 46.2 Å². The van der Waals surface area contributed by atoms with E-state index < -0.39 is 18.1 Å². The molecule has 0 fully saturated rings. The van der Waals surface area contributed by atoms with Crippen molar-refractivity contribution >= 4 is 29.7 Å². The number of aliphatic carboxylic acids is 1. The summed E-state index contributed by atoms with van der Waals surface area (Å²) in [6.07, 6.45) is 1.16. The maximum atomic E-state index is 12.1. The molecular weight excluding hydrogens is 380 g/mol. The quantitative estimate of drug-likeness (QED) is 0.489. The van der Waals surface area contributed by atoms with Crippen molar-refractivity contribution in [1.82, 2.24) is 10.6 Å². The summed E-state index contributed by atoms with van der Waals surface area (Å²) in [5.74, 6) is -0.764. The molecule has 0 aliphatic rings. The Balaban J connectivity index is 2.38. The van der Waals surface area contributed by atoms with E-state index in [1.807, 2.05) is 44.2 Å². The second-order valence-electron chi connectivity index (χ2n) is 6.42. The third-order valence-corrected chi connectivity index (χ3v) is 5.46. The lowest BCUT2D eigenvalue weighted by molar-refractivity contribution is -0.139. The van der Waals surface area contributed by atoms with Gasteiger partial charge in [0.1, 0.15) is 12.6 Å². The van der Waals surface area contributed by atoms with Crippen molar-refractivity contribution in [3.63, 3.8) is 0 Å². The van der Waals surface area contributed by atoms with Crippen molar-refractivity contribution in [1.29, 1.82) is 0 Å². The minimum absolute atomic E-state index is 0.0548. The van der Waals surface area contributed by atoms with Gasteiger partial charge in [-0.3, -0.25) is 4.79 Å². The molecule has 0 aliphatic heterocycles. The molecule has 156 valence electrons. The van der Waals surface area contributed by atoms with Gasteiger partial charge < -0.3 is 20.5 Å². The van der Waals surface area contributed by atoms with Gasteiger partial charge >= 0.3 is 12.1 Å². The Morgan fingerprint density at radius 2 is 1.75 bits per heavy atom. The largest absolute Gasteiger partial charge is 0.480 e. The summed E-state index contributed by atoms with van der Waals surface area (Å²) in [5, 5.41) is 14.4. The molecule has 0 heterocycles. The van der Waals surface area contributed by atoms with Crippen molar-refractivity contribution in [2.24, 2.45) is 0 Å². The van der Waals surface area contributed by atoms with E-state index >= 15 is 0 Å². The Labute approximate surface area is 170 Å². The number of hydrogen-bond acceptors (Lipinski definition) is 5. The molecule has 0 radical (unpaired) electrons. The predicted octanol–water partition coefficient (Wildman–Crippen LogP) is 3.18. The van der Waals surface area contributed by atoms with Crippen molar-refractivity contribution in [2.75, 3.05) is 5.75 Å². The fourth-order valence-corrected chi connectivity index (χ4v) is 3.36. The van der Waals surface area contributed by atoms with Crippen LogP contribution in [0, 0.1) is 0 Å². The number of rotatable bonds is 12. The Kier molecular flexibility index (Phi) is 11.1. The van der Waals surface area contributed by atoms with Crippen LogP contribution in [0.15, 0.2) is 30.3 Å². The Morgan fingerprint density at radius 3 is 2.32 bits per heavy atom. The first-order valence-electron chi connectivity index (χ1n) is 9.49. The average molecular weight is 411 g/mol. The minimum atomic E-state index is -1.13. The molecule has 2 amide bonds. The summed E-state index contributed by atoms with van der Waals surface area (Å²) in [6, 6.07) is 8.23. The molecule has 0 aromatic heterocycles. The number of amides is 2. The van der Waals surface area contributed by atoms with Gasteiger partial charge in [0.15, 0.2) is 0 Å². The third-order valence-electron chi connectivity index (χ3n) is 4.28. The Bertz CT molecular complexity index is 622. The highest BCUT2D eigenvalue weighted by Crippen LogP contribution is 2.14. The molecule has 7 nitrogen and oxygen atoms in total. The fraction of sp³-hybridized carbons (Fsp3) is 0.550. The zero-order valence-electron chi connectivity index (χ0n) is 16.6. The maximum Gasteiger partial charge on any atom is 0.408 e. The monoisotopic (exact) mass is 410 g/mol. The normalized spacial score (nSPS) is 12.9. The lowest BCUT2D eigenvalue weighted by atomic mass is 10.2. The molecule has 28 heavy (non-hydrogen) atoms. The van der Waals surface area contributed by atoms with Crippen LogP contribution in [0.5, 0.6) is 0 Å². The molecule has 0 spiro atoms. The number of nitrogens with one attached hydrogen (secondary N) is 2. The van der Waals surface area contributed by atoms with Gasteiger partial charge in [-0.1, -0.05) is 44.2 Å². The van der Waals surface area contributed by atoms with Gasteiger partial charge in [0.05, 0.1) is 5.25 Å². The molecular formula is C20H30N2O5S. The lowest BCUT2D eigenvalue weighted by Gasteiger charge is -2.19. The molecule has 0 saturated heterocycles. The smallest absolute Gasteiger partial charge is 0.408 e. The van der Waals surface area contributed by atoms with Gasteiger partial charge in [-0.05, 0) is 37.5 Å². The number of carbonyl (C=O) groups is 3. The van der Waals surface area contributed by atoms with Gasteiger partial charge in [-0.25, -0.2) is 9.59 Å². The number of thioether (sulfide) groups is 1. The molecule has 1 aromatic carbocycles. The first-order valence-corrected chi connectivity index (χ1v) is 10.5. The van der Waals surface area contributed by atoms with Crippen LogP contribution in [0.2, 0.25) is 0 Å².